The molecule has 0 radical (unpaired) electrons. The molecular weight excluding hydrogens is 226 g/mol. The van der Waals surface area contributed by atoms with Crippen LogP contribution in [0, 0.1) is 11.8 Å². The van der Waals surface area contributed by atoms with Crippen molar-refractivity contribution in [2.75, 3.05) is 19.6 Å². The molecule has 4 nitrogen and oxygen atoms in total. The summed E-state index contributed by atoms with van der Waals surface area (Å²) in [5.74, 6) is 1.46. The summed E-state index contributed by atoms with van der Waals surface area (Å²) in [7, 11) is 0. The third kappa shape index (κ3) is 3.61. The Morgan fingerprint density at radius 2 is 2.00 bits per heavy atom. The third-order valence-corrected chi connectivity index (χ3v) is 4.60. The Balaban J connectivity index is 1.80. The lowest BCUT2D eigenvalue weighted by atomic mass is 9.92. The van der Waals surface area contributed by atoms with Gasteiger partial charge in [-0.25, -0.2) is 4.79 Å². The minimum atomic E-state index is -0.263. The summed E-state index contributed by atoms with van der Waals surface area (Å²) >= 11 is 0. The standard InChI is InChI=1S/C14H27N3O/c1-2-11-7-13(10-17(9-11)14(15)18)16-8-12-5-3-4-6-12/h11-13,16H,2-10H2,1H3,(H2,15,18). The molecule has 1 saturated heterocycles. The molecule has 0 bridgehead atoms. The summed E-state index contributed by atoms with van der Waals surface area (Å²) in [6.45, 7) is 4.95. The summed E-state index contributed by atoms with van der Waals surface area (Å²) in [6, 6.07) is 0.178. The van der Waals surface area contributed by atoms with Gasteiger partial charge in [0.2, 0.25) is 0 Å². The van der Waals surface area contributed by atoms with Gasteiger partial charge >= 0.3 is 6.03 Å². The van der Waals surface area contributed by atoms with Crippen LogP contribution in [0.2, 0.25) is 0 Å². The number of hydrogen-bond acceptors (Lipinski definition) is 2. The van der Waals surface area contributed by atoms with E-state index in [1.165, 1.54) is 32.1 Å². The number of piperidine rings is 1. The fourth-order valence-electron chi connectivity index (χ4n) is 3.38. The molecule has 0 aromatic heterocycles. The molecule has 104 valence electrons. The van der Waals surface area contributed by atoms with Crippen LogP contribution in [0.3, 0.4) is 0 Å². The van der Waals surface area contributed by atoms with Gasteiger partial charge in [-0.1, -0.05) is 26.2 Å². The van der Waals surface area contributed by atoms with Crippen LogP contribution in [0.4, 0.5) is 4.79 Å². The van der Waals surface area contributed by atoms with Crippen molar-refractivity contribution in [1.29, 1.82) is 0 Å². The van der Waals surface area contributed by atoms with E-state index in [0.717, 1.165) is 32.0 Å². The summed E-state index contributed by atoms with van der Waals surface area (Å²) < 4.78 is 0. The van der Waals surface area contributed by atoms with Crippen LogP contribution in [-0.2, 0) is 0 Å². The summed E-state index contributed by atoms with van der Waals surface area (Å²) in [6.07, 6.45) is 7.84. The molecule has 3 N–H and O–H groups in total. The topological polar surface area (TPSA) is 58.4 Å². The quantitative estimate of drug-likeness (QED) is 0.804. The molecule has 2 rings (SSSR count). The molecule has 2 unspecified atom stereocenters. The number of urea groups is 1. The van der Waals surface area contributed by atoms with Crippen LogP contribution in [0.25, 0.3) is 0 Å². The highest BCUT2D eigenvalue weighted by molar-refractivity contribution is 5.72. The number of hydrogen-bond donors (Lipinski definition) is 2. The SMILES string of the molecule is CCC1CC(NCC2CCCC2)CN(C(N)=O)C1. The first-order chi connectivity index (χ1) is 8.69. The molecular formula is C14H27N3O. The van der Waals surface area contributed by atoms with Gasteiger partial charge in [-0.15, -0.1) is 0 Å². The van der Waals surface area contributed by atoms with Gasteiger partial charge in [0.1, 0.15) is 0 Å². The lowest BCUT2D eigenvalue weighted by Gasteiger charge is -2.37. The Morgan fingerprint density at radius 3 is 2.61 bits per heavy atom. The van der Waals surface area contributed by atoms with E-state index in [2.05, 4.69) is 12.2 Å². The molecule has 2 amide bonds. The monoisotopic (exact) mass is 253 g/mol. The first-order valence-corrected chi connectivity index (χ1v) is 7.46. The third-order valence-electron chi connectivity index (χ3n) is 4.60. The van der Waals surface area contributed by atoms with Gasteiger partial charge in [-0.05, 0) is 37.6 Å². The molecule has 1 heterocycles. The summed E-state index contributed by atoms with van der Waals surface area (Å²) in [5, 5.41) is 3.66. The zero-order valence-corrected chi connectivity index (χ0v) is 11.5. The molecule has 0 aromatic rings. The highest BCUT2D eigenvalue weighted by atomic mass is 16.2. The Kier molecular flexibility index (Phi) is 4.87. The average molecular weight is 253 g/mol. The predicted octanol–water partition coefficient (Wildman–Crippen LogP) is 1.95. The zero-order chi connectivity index (χ0) is 13.0. The first kappa shape index (κ1) is 13.7. The lowest BCUT2D eigenvalue weighted by Crippen LogP contribution is -2.53. The highest BCUT2D eigenvalue weighted by Crippen LogP contribution is 2.25. The van der Waals surface area contributed by atoms with Crippen molar-refractivity contribution < 1.29 is 4.79 Å². The Labute approximate surface area is 110 Å². The van der Waals surface area contributed by atoms with E-state index >= 15 is 0 Å². The molecule has 1 aliphatic carbocycles. The van der Waals surface area contributed by atoms with E-state index < -0.39 is 0 Å². The second-order valence-electron chi connectivity index (χ2n) is 6.01. The first-order valence-electron chi connectivity index (χ1n) is 7.46. The molecule has 0 aromatic carbocycles. The van der Waals surface area contributed by atoms with E-state index in [1.54, 1.807) is 0 Å². The van der Waals surface area contributed by atoms with Gasteiger partial charge in [-0.3, -0.25) is 0 Å². The minimum absolute atomic E-state index is 0.263. The zero-order valence-electron chi connectivity index (χ0n) is 11.5. The molecule has 2 fully saturated rings. The number of nitrogens with one attached hydrogen (secondary N) is 1. The second-order valence-corrected chi connectivity index (χ2v) is 6.01. The van der Waals surface area contributed by atoms with Gasteiger partial charge in [0, 0.05) is 19.1 Å². The number of carbonyl (C=O) groups is 1. The molecule has 0 spiro atoms. The van der Waals surface area contributed by atoms with Crippen LogP contribution >= 0.6 is 0 Å². The van der Waals surface area contributed by atoms with Crippen LogP contribution in [0.5, 0.6) is 0 Å². The van der Waals surface area contributed by atoms with Crippen molar-refractivity contribution in [2.45, 2.75) is 51.5 Å². The van der Waals surface area contributed by atoms with Gasteiger partial charge < -0.3 is 16.0 Å². The van der Waals surface area contributed by atoms with Gasteiger partial charge in [0.05, 0.1) is 0 Å². The number of primary amides is 1. The van der Waals surface area contributed by atoms with Gasteiger partial charge in [0.15, 0.2) is 0 Å². The molecule has 4 heteroatoms. The second kappa shape index (κ2) is 6.41. The summed E-state index contributed by atoms with van der Waals surface area (Å²) in [5.41, 5.74) is 5.42. The van der Waals surface area contributed by atoms with E-state index in [-0.39, 0.29) is 6.03 Å². The molecule has 18 heavy (non-hydrogen) atoms. The van der Waals surface area contributed by atoms with Crippen molar-refractivity contribution in [2.24, 2.45) is 17.6 Å². The number of rotatable bonds is 4. The Bertz CT molecular complexity index is 276. The molecule has 2 aliphatic rings. The van der Waals surface area contributed by atoms with E-state index in [1.807, 2.05) is 4.90 Å². The normalized spacial score (nSPS) is 29.7. The average Bonchev–Trinajstić information content (AvgIpc) is 2.89. The van der Waals surface area contributed by atoms with E-state index in [9.17, 15) is 4.79 Å². The van der Waals surface area contributed by atoms with Crippen molar-refractivity contribution in [3.63, 3.8) is 0 Å². The number of amides is 2. The maximum atomic E-state index is 11.3. The van der Waals surface area contributed by atoms with Crippen molar-refractivity contribution >= 4 is 6.03 Å². The van der Waals surface area contributed by atoms with E-state index in [0.29, 0.717) is 12.0 Å². The van der Waals surface area contributed by atoms with Crippen molar-refractivity contribution in [1.82, 2.24) is 10.2 Å². The number of carbonyl (C=O) groups excluding carboxylic acids is 1. The predicted molar refractivity (Wildman–Crippen MR) is 73.3 cm³/mol. The van der Waals surface area contributed by atoms with Crippen LogP contribution in [-0.4, -0.2) is 36.6 Å². The highest BCUT2D eigenvalue weighted by Gasteiger charge is 2.28. The molecule has 1 aliphatic heterocycles. The number of likely N-dealkylation sites (tertiary alicyclic amines) is 1. The fourth-order valence-corrected chi connectivity index (χ4v) is 3.38. The Hall–Kier alpha value is -0.770. The lowest BCUT2D eigenvalue weighted by molar-refractivity contribution is 0.149. The Morgan fingerprint density at radius 1 is 1.28 bits per heavy atom. The minimum Gasteiger partial charge on any atom is -0.351 e. The smallest absolute Gasteiger partial charge is 0.314 e. The van der Waals surface area contributed by atoms with Crippen LogP contribution in [0.1, 0.15) is 45.4 Å². The van der Waals surface area contributed by atoms with Crippen LogP contribution < -0.4 is 11.1 Å². The number of nitrogens with two attached hydrogens (primary N) is 1. The van der Waals surface area contributed by atoms with E-state index in [4.69, 9.17) is 5.73 Å². The summed E-state index contributed by atoms with van der Waals surface area (Å²) in [4.78, 5) is 13.2. The van der Waals surface area contributed by atoms with Gasteiger partial charge in [-0.2, -0.15) is 0 Å². The molecule has 2 atom stereocenters. The maximum Gasteiger partial charge on any atom is 0.314 e. The van der Waals surface area contributed by atoms with Gasteiger partial charge in [0.25, 0.3) is 0 Å². The van der Waals surface area contributed by atoms with Crippen LogP contribution in [0.15, 0.2) is 0 Å². The largest absolute Gasteiger partial charge is 0.351 e. The van der Waals surface area contributed by atoms with Crippen molar-refractivity contribution in [3.8, 4) is 0 Å². The van der Waals surface area contributed by atoms with Crippen molar-refractivity contribution in [3.05, 3.63) is 0 Å². The fraction of sp³-hybridized carbons (Fsp3) is 0.929. The maximum absolute atomic E-state index is 11.3. The number of nitrogens with zero attached hydrogens (tertiary/aromatic N) is 1. The molecule has 1 saturated carbocycles.